The first-order valence-corrected chi connectivity index (χ1v) is 6.31. The van der Waals surface area contributed by atoms with Crippen LogP contribution < -0.4 is 10.6 Å². The summed E-state index contributed by atoms with van der Waals surface area (Å²) in [5, 5.41) is 4.70. The van der Waals surface area contributed by atoms with Crippen molar-refractivity contribution in [1.82, 2.24) is 20.6 Å². The normalized spacial score (nSPS) is 10.6. The van der Waals surface area contributed by atoms with Gasteiger partial charge in [-0.3, -0.25) is 14.6 Å². The number of ketones is 1. The van der Waals surface area contributed by atoms with Crippen LogP contribution >= 0.6 is 0 Å². The standard InChI is InChI=1S/C13H18N4O4/c1-13(2,3)21-12(20)17-7-9(18)6-16-11(19)10-8-14-4-5-15-10/h4-5,8H,6-7H2,1-3H3,(H,16,19)(H,17,20). The number of Topliss-reactive ketones (excluding diaryl/α,β-unsaturated/α-hetero) is 1. The molecule has 0 aliphatic rings. The Morgan fingerprint density at radius 3 is 2.38 bits per heavy atom. The molecular formula is C13H18N4O4. The van der Waals surface area contributed by atoms with Gasteiger partial charge in [-0.05, 0) is 20.8 Å². The van der Waals surface area contributed by atoms with E-state index < -0.39 is 17.6 Å². The molecule has 114 valence electrons. The average Bonchev–Trinajstić information content (AvgIpc) is 2.41. The minimum atomic E-state index is -0.684. The summed E-state index contributed by atoms with van der Waals surface area (Å²) in [4.78, 5) is 42.0. The van der Waals surface area contributed by atoms with Crippen molar-refractivity contribution in [3.8, 4) is 0 Å². The minimum absolute atomic E-state index is 0.116. The van der Waals surface area contributed by atoms with Crippen molar-refractivity contribution < 1.29 is 19.1 Å². The van der Waals surface area contributed by atoms with Crippen LogP contribution in [-0.2, 0) is 9.53 Å². The molecule has 1 rings (SSSR count). The van der Waals surface area contributed by atoms with Crippen molar-refractivity contribution in [3.63, 3.8) is 0 Å². The highest BCUT2D eigenvalue weighted by atomic mass is 16.6. The van der Waals surface area contributed by atoms with Gasteiger partial charge in [0.05, 0.1) is 19.3 Å². The molecular weight excluding hydrogens is 276 g/mol. The Labute approximate surface area is 122 Å². The fourth-order valence-electron chi connectivity index (χ4n) is 1.23. The van der Waals surface area contributed by atoms with E-state index in [-0.39, 0.29) is 24.6 Å². The van der Waals surface area contributed by atoms with Crippen LogP contribution in [0, 0.1) is 0 Å². The fourth-order valence-corrected chi connectivity index (χ4v) is 1.23. The van der Waals surface area contributed by atoms with Gasteiger partial charge in [0, 0.05) is 12.4 Å². The number of nitrogens with one attached hydrogen (secondary N) is 2. The van der Waals surface area contributed by atoms with Crippen molar-refractivity contribution in [1.29, 1.82) is 0 Å². The number of nitrogens with zero attached hydrogens (tertiary/aromatic N) is 2. The van der Waals surface area contributed by atoms with Crippen LogP contribution in [0.25, 0.3) is 0 Å². The second-order valence-electron chi connectivity index (χ2n) is 5.17. The predicted molar refractivity (Wildman–Crippen MR) is 73.6 cm³/mol. The number of aromatic nitrogens is 2. The van der Waals surface area contributed by atoms with Crippen molar-refractivity contribution in [3.05, 3.63) is 24.3 Å². The van der Waals surface area contributed by atoms with Gasteiger partial charge in [0.15, 0.2) is 5.78 Å². The smallest absolute Gasteiger partial charge is 0.408 e. The molecule has 1 heterocycles. The van der Waals surface area contributed by atoms with E-state index in [1.165, 1.54) is 18.6 Å². The molecule has 0 saturated carbocycles. The molecule has 1 aromatic rings. The minimum Gasteiger partial charge on any atom is -0.444 e. The summed E-state index contributed by atoms with van der Waals surface area (Å²) in [6, 6.07) is 0. The Morgan fingerprint density at radius 2 is 1.81 bits per heavy atom. The number of alkyl carbamates (subject to hydrolysis) is 1. The van der Waals surface area contributed by atoms with Crippen LogP contribution in [0.5, 0.6) is 0 Å². The van der Waals surface area contributed by atoms with Crippen molar-refractivity contribution >= 4 is 17.8 Å². The molecule has 0 atom stereocenters. The maximum absolute atomic E-state index is 11.6. The Hall–Kier alpha value is -2.51. The van der Waals surface area contributed by atoms with E-state index in [1.54, 1.807) is 20.8 Å². The largest absolute Gasteiger partial charge is 0.444 e. The highest BCUT2D eigenvalue weighted by Crippen LogP contribution is 2.05. The van der Waals surface area contributed by atoms with Crippen molar-refractivity contribution in [2.45, 2.75) is 26.4 Å². The Kier molecular flexibility index (Phi) is 5.77. The second-order valence-corrected chi connectivity index (χ2v) is 5.17. The molecule has 0 radical (unpaired) electrons. The zero-order valence-corrected chi connectivity index (χ0v) is 12.2. The lowest BCUT2D eigenvalue weighted by molar-refractivity contribution is -0.117. The van der Waals surface area contributed by atoms with E-state index in [0.717, 1.165) is 0 Å². The molecule has 0 fully saturated rings. The lowest BCUT2D eigenvalue weighted by Gasteiger charge is -2.19. The molecule has 0 aliphatic heterocycles. The molecule has 1 aromatic heterocycles. The molecule has 8 nitrogen and oxygen atoms in total. The fraction of sp³-hybridized carbons (Fsp3) is 0.462. The molecule has 0 bridgehead atoms. The van der Waals surface area contributed by atoms with E-state index >= 15 is 0 Å². The van der Waals surface area contributed by atoms with E-state index in [9.17, 15) is 14.4 Å². The lowest BCUT2D eigenvalue weighted by Crippen LogP contribution is -2.39. The number of ether oxygens (including phenoxy) is 1. The molecule has 21 heavy (non-hydrogen) atoms. The van der Waals surface area contributed by atoms with Crippen LogP contribution in [0.2, 0.25) is 0 Å². The monoisotopic (exact) mass is 294 g/mol. The van der Waals surface area contributed by atoms with Gasteiger partial charge in [0.2, 0.25) is 0 Å². The van der Waals surface area contributed by atoms with Crippen LogP contribution in [0.15, 0.2) is 18.6 Å². The van der Waals surface area contributed by atoms with E-state index in [0.29, 0.717) is 0 Å². The summed E-state index contributed by atoms with van der Waals surface area (Å²) < 4.78 is 4.98. The number of amides is 2. The molecule has 0 saturated heterocycles. The van der Waals surface area contributed by atoms with E-state index in [4.69, 9.17) is 4.74 Å². The number of hydrogen-bond donors (Lipinski definition) is 2. The van der Waals surface area contributed by atoms with Crippen molar-refractivity contribution in [2.24, 2.45) is 0 Å². The quantitative estimate of drug-likeness (QED) is 0.808. The molecule has 8 heteroatoms. The topological polar surface area (TPSA) is 110 Å². The van der Waals surface area contributed by atoms with Crippen LogP contribution in [0.1, 0.15) is 31.3 Å². The third kappa shape index (κ3) is 7.00. The zero-order chi connectivity index (χ0) is 15.9. The number of carbonyl (C=O) groups excluding carboxylic acids is 3. The van der Waals surface area contributed by atoms with E-state index in [1.807, 2.05) is 0 Å². The Morgan fingerprint density at radius 1 is 1.14 bits per heavy atom. The average molecular weight is 294 g/mol. The highest BCUT2D eigenvalue weighted by Gasteiger charge is 2.16. The Bertz CT molecular complexity index is 511. The van der Waals surface area contributed by atoms with Gasteiger partial charge in [0.25, 0.3) is 5.91 Å². The summed E-state index contributed by atoms with van der Waals surface area (Å²) in [5.41, 5.74) is -0.516. The maximum atomic E-state index is 11.6. The third-order valence-electron chi connectivity index (χ3n) is 2.07. The van der Waals surface area contributed by atoms with Gasteiger partial charge in [-0.1, -0.05) is 0 Å². The summed E-state index contributed by atoms with van der Waals surface area (Å²) in [5.74, 6) is -0.869. The summed E-state index contributed by atoms with van der Waals surface area (Å²) in [6.45, 7) is 4.71. The second kappa shape index (κ2) is 7.32. The number of hydrogen-bond acceptors (Lipinski definition) is 6. The molecule has 0 unspecified atom stereocenters. The molecule has 0 aliphatic carbocycles. The first-order chi connectivity index (χ1) is 9.78. The molecule has 0 aromatic carbocycles. The summed E-state index contributed by atoms with van der Waals surface area (Å²) >= 11 is 0. The van der Waals surface area contributed by atoms with Gasteiger partial charge < -0.3 is 15.4 Å². The van der Waals surface area contributed by atoms with Crippen LogP contribution in [-0.4, -0.2) is 46.4 Å². The van der Waals surface area contributed by atoms with Crippen LogP contribution in [0.4, 0.5) is 4.79 Å². The van der Waals surface area contributed by atoms with Gasteiger partial charge in [-0.2, -0.15) is 0 Å². The van der Waals surface area contributed by atoms with Crippen LogP contribution in [0.3, 0.4) is 0 Å². The summed E-state index contributed by atoms with van der Waals surface area (Å²) in [7, 11) is 0. The van der Waals surface area contributed by atoms with E-state index in [2.05, 4.69) is 20.6 Å². The molecule has 2 amide bonds. The third-order valence-corrected chi connectivity index (χ3v) is 2.07. The van der Waals surface area contributed by atoms with Gasteiger partial charge in [-0.25, -0.2) is 9.78 Å². The first-order valence-electron chi connectivity index (χ1n) is 6.31. The van der Waals surface area contributed by atoms with Gasteiger partial charge in [-0.15, -0.1) is 0 Å². The predicted octanol–water partition coefficient (Wildman–Crippen LogP) is 0.300. The van der Waals surface area contributed by atoms with Crippen molar-refractivity contribution in [2.75, 3.05) is 13.1 Å². The summed E-state index contributed by atoms with van der Waals surface area (Å²) in [6.07, 6.45) is 3.42. The number of carbonyl (C=O) groups is 3. The lowest BCUT2D eigenvalue weighted by atomic mass is 10.2. The van der Waals surface area contributed by atoms with Gasteiger partial charge in [0.1, 0.15) is 11.3 Å². The first kappa shape index (κ1) is 16.5. The Balaban J connectivity index is 2.29. The number of rotatable bonds is 5. The van der Waals surface area contributed by atoms with Gasteiger partial charge >= 0.3 is 6.09 Å². The molecule has 2 N–H and O–H groups in total. The zero-order valence-electron chi connectivity index (χ0n) is 12.2. The molecule has 0 spiro atoms. The highest BCUT2D eigenvalue weighted by molar-refractivity contribution is 5.95. The maximum Gasteiger partial charge on any atom is 0.408 e. The SMILES string of the molecule is CC(C)(C)OC(=O)NCC(=O)CNC(=O)c1cnccn1.